The van der Waals surface area contributed by atoms with Crippen molar-refractivity contribution in [3.63, 3.8) is 0 Å². The molecule has 0 saturated carbocycles. The van der Waals surface area contributed by atoms with E-state index in [0.29, 0.717) is 5.56 Å². The van der Waals surface area contributed by atoms with Crippen LogP contribution in [0.15, 0.2) is 115 Å². The summed E-state index contributed by atoms with van der Waals surface area (Å²) in [5.41, 5.74) is 1.92. The minimum absolute atomic E-state index is 0.189. The van der Waals surface area contributed by atoms with Crippen LogP contribution in [0.2, 0.25) is 0 Å². The molecule has 4 rings (SSSR count). The zero-order chi connectivity index (χ0) is 26.5. The van der Waals surface area contributed by atoms with Crippen molar-refractivity contribution >= 4 is 9.84 Å². The highest BCUT2D eigenvalue weighted by atomic mass is 32.2. The highest BCUT2D eigenvalue weighted by molar-refractivity contribution is 7.93. The average molecular weight is 523 g/mol. The lowest BCUT2D eigenvalue weighted by Gasteiger charge is -2.38. The number of sulfone groups is 1. The third kappa shape index (κ3) is 5.07. The molecule has 37 heavy (non-hydrogen) atoms. The summed E-state index contributed by atoms with van der Waals surface area (Å²) in [7, 11) is -5.34. The molecule has 0 aliphatic carbocycles. The standard InChI is InChI=1S/C30H28F2O4S/c1-23-17-19-27(20-18-23)30(25-13-7-3-8-14-25,26-15-9-4-10-16-26)37(34,35)29(31,32)22-36-21-28(33)24-11-5-2-6-12-24/h2-20,28,33H,21-22H2,1H3. The van der Waals surface area contributed by atoms with Gasteiger partial charge in [-0.1, -0.05) is 121 Å². The van der Waals surface area contributed by atoms with Gasteiger partial charge in [0.15, 0.2) is 4.75 Å². The number of hydrogen-bond acceptors (Lipinski definition) is 4. The number of alkyl halides is 2. The number of hydrogen-bond donors (Lipinski definition) is 1. The molecule has 4 nitrogen and oxygen atoms in total. The van der Waals surface area contributed by atoms with E-state index in [0.717, 1.165) is 5.56 Å². The van der Waals surface area contributed by atoms with E-state index in [4.69, 9.17) is 4.74 Å². The monoisotopic (exact) mass is 522 g/mol. The van der Waals surface area contributed by atoms with Gasteiger partial charge in [-0.2, -0.15) is 8.78 Å². The van der Waals surface area contributed by atoms with Crippen molar-refractivity contribution in [2.24, 2.45) is 0 Å². The highest BCUT2D eigenvalue weighted by Gasteiger charge is 2.61. The molecule has 1 atom stereocenters. The molecule has 0 aliphatic rings. The molecule has 192 valence electrons. The second-order valence-electron chi connectivity index (χ2n) is 8.86. The van der Waals surface area contributed by atoms with Gasteiger partial charge in [0.2, 0.25) is 9.84 Å². The first kappa shape index (κ1) is 26.7. The maximum Gasteiger partial charge on any atom is 0.369 e. The Balaban J connectivity index is 1.81. The van der Waals surface area contributed by atoms with Crippen molar-refractivity contribution in [1.82, 2.24) is 0 Å². The zero-order valence-corrected chi connectivity index (χ0v) is 21.1. The summed E-state index contributed by atoms with van der Waals surface area (Å²) in [6.45, 7) is -0.0542. The second-order valence-corrected chi connectivity index (χ2v) is 11.1. The van der Waals surface area contributed by atoms with Gasteiger partial charge < -0.3 is 9.84 Å². The molecule has 0 bridgehead atoms. The van der Waals surface area contributed by atoms with Gasteiger partial charge in [0, 0.05) is 0 Å². The van der Waals surface area contributed by atoms with Crippen LogP contribution in [0.3, 0.4) is 0 Å². The van der Waals surface area contributed by atoms with Crippen molar-refractivity contribution in [3.8, 4) is 0 Å². The molecule has 0 amide bonds. The summed E-state index contributed by atoms with van der Waals surface area (Å²) in [5, 5.41) is 6.03. The van der Waals surface area contributed by atoms with E-state index in [9.17, 15) is 13.5 Å². The summed E-state index contributed by atoms with van der Waals surface area (Å²) in [5.74, 6) is 0. The van der Waals surface area contributed by atoms with Crippen LogP contribution in [-0.2, 0) is 19.3 Å². The van der Waals surface area contributed by atoms with Gasteiger partial charge in [-0.15, -0.1) is 0 Å². The average Bonchev–Trinajstić information content (AvgIpc) is 2.91. The third-order valence-corrected chi connectivity index (χ3v) is 8.76. The number of rotatable bonds is 10. The minimum atomic E-state index is -5.34. The molecule has 4 aromatic carbocycles. The van der Waals surface area contributed by atoms with Crippen LogP contribution >= 0.6 is 0 Å². The van der Waals surface area contributed by atoms with Crippen LogP contribution in [0, 0.1) is 6.92 Å². The van der Waals surface area contributed by atoms with Gasteiger partial charge in [0.05, 0.1) is 6.61 Å². The fraction of sp³-hybridized carbons (Fsp3) is 0.200. The van der Waals surface area contributed by atoms with Gasteiger partial charge in [-0.25, -0.2) is 8.42 Å². The second kappa shape index (κ2) is 10.9. The first-order valence-electron chi connectivity index (χ1n) is 11.8. The SMILES string of the molecule is Cc1ccc(C(c2ccccc2)(c2ccccc2)S(=O)(=O)C(F)(F)COCC(O)c2ccccc2)cc1. The summed E-state index contributed by atoms with van der Waals surface area (Å²) < 4.78 is 63.1. The summed E-state index contributed by atoms with van der Waals surface area (Å²) in [4.78, 5) is 0. The lowest BCUT2D eigenvalue weighted by Crippen LogP contribution is -2.49. The molecule has 0 radical (unpaired) electrons. The normalized spacial score (nSPS) is 13.3. The van der Waals surface area contributed by atoms with Gasteiger partial charge in [0.1, 0.15) is 12.7 Å². The van der Waals surface area contributed by atoms with Crippen LogP contribution in [-0.4, -0.2) is 32.0 Å². The quantitative estimate of drug-likeness (QED) is 0.258. The number of aliphatic hydroxyl groups excluding tert-OH is 1. The third-order valence-electron chi connectivity index (χ3n) is 6.35. The van der Waals surface area contributed by atoms with E-state index in [1.807, 2.05) is 6.92 Å². The molecule has 0 fully saturated rings. The Labute approximate surface area is 216 Å². The lowest BCUT2D eigenvalue weighted by atomic mass is 9.84. The molecule has 0 aromatic heterocycles. The van der Waals surface area contributed by atoms with Crippen LogP contribution < -0.4 is 0 Å². The molecule has 0 saturated heterocycles. The Hall–Kier alpha value is -3.39. The van der Waals surface area contributed by atoms with E-state index in [1.165, 1.54) is 0 Å². The molecular formula is C30H28F2O4S. The number of aryl methyl sites for hydroxylation is 1. The molecule has 4 aromatic rings. The Kier molecular flexibility index (Phi) is 7.87. The van der Waals surface area contributed by atoms with Crippen LogP contribution in [0.25, 0.3) is 0 Å². The summed E-state index contributed by atoms with van der Waals surface area (Å²) >= 11 is 0. The number of benzene rings is 4. The fourth-order valence-corrected chi connectivity index (χ4v) is 6.49. The Morgan fingerprint density at radius 3 is 1.65 bits per heavy atom. The maximum atomic E-state index is 15.9. The van der Waals surface area contributed by atoms with E-state index in [-0.39, 0.29) is 16.7 Å². The molecule has 1 unspecified atom stereocenters. The molecule has 0 aliphatic heterocycles. The van der Waals surface area contributed by atoms with Gasteiger partial charge in [0.25, 0.3) is 0 Å². The topological polar surface area (TPSA) is 63.6 Å². The molecular weight excluding hydrogens is 494 g/mol. The van der Waals surface area contributed by atoms with Crippen LogP contribution in [0.5, 0.6) is 0 Å². The highest BCUT2D eigenvalue weighted by Crippen LogP contribution is 2.49. The molecule has 0 heterocycles. The number of halogens is 2. The summed E-state index contributed by atoms with van der Waals surface area (Å²) in [6, 6.07) is 31.1. The van der Waals surface area contributed by atoms with Crippen molar-refractivity contribution in [1.29, 1.82) is 0 Å². The lowest BCUT2D eigenvalue weighted by molar-refractivity contribution is -0.0433. The first-order chi connectivity index (χ1) is 17.7. The predicted octanol–water partition coefficient (Wildman–Crippen LogP) is 6.04. The molecule has 1 N–H and O–H groups in total. The van der Waals surface area contributed by atoms with Gasteiger partial charge in [-0.3, -0.25) is 0 Å². The van der Waals surface area contributed by atoms with E-state index < -0.39 is 39.2 Å². The van der Waals surface area contributed by atoms with Gasteiger partial charge in [-0.05, 0) is 29.2 Å². The minimum Gasteiger partial charge on any atom is -0.386 e. The van der Waals surface area contributed by atoms with Crippen molar-refractivity contribution in [3.05, 3.63) is 143 Å². The Morgan fingerprint density at radius 1 is 0.730 bits per heavy atom. The first-order valence-corrected chi connectivity index (χ1v) is 13.3. The number of ether oxygens (including phenoxy) is 1. The van der Waals surface area contributed by atoms with E-state index in [2.05, 4.69) is 0 Å². The smallest absolute Gasteiger partial charge is 0.369 e. The van der Waals surface area contributed by atoms with Crippen LogP contribution in [0.1, 0.15) is 33.9 Å². The van der Waals surface area contributed by atoms with E-state index >= 15 is 8.78 Å². The van der Waals surface area contributed by atoms with Crippen LogP contribution in [0.4, 0.5) is 8.78 Å². The molecule has 0 spiro atoms. The largest absolute Gasteiger partial charge is 0.386 e. The maximum absolute atomic E-state index is 15.9. The van der Waals surface area contributed by atoms with Gasteiger partial charge >= 0.3 is 5.25 Å². The fourth-order valence-electron chi connectivity index (χ4n) is 4.46. The molecule has 7 heteroatoms. The number of aliphatic hydroxyl groups is 1. The van der Waals surface area contributed by atoms with Crippen molar-refractivity contribution in [2.75, 3.05) is 13.2 Å². The van der Waals surface area contributed by atoms with E-state index in [1.54, 1.807) is 115 Å². The Morgan fingerprint density at radius 2 is 1.16 bits per heavy atom. The Bertz CT molecular complexity index is 1350. The van der Waals surface area contributed by atoms with Crippen molar-refractivity contribution in [2.45, 2.75) is 23.0 Å². The zero-order valence-electron chi connectivity index (χ0n) is 20.3. The van der Waals surface area contributed by atoms with Crippen molar-refractivity contribution < 1.29 is 27.0 Å². The predicted molar refractivity (Wildman–Crippen MR) is 140 cm³/mol. The summed E-state index contributed by atoms with van der Waals surface area (Å²) in [6.07, 6.45) is -1.18.